The van der Waals surface area contributed by atoms with Crippen molar-refractivity contribution in [2.75, 3.05) is 0 Å². The summed E-state index contributed by atoms with van der Waals surface area (Å²) in [6.45, 7) is 3.31. The van der Waals surface area contributed by atoms with Crippen LogP contribution >= 0.6 is 7.60 Å². The summed E-state index contributed by atoms with van der Waals surface area (Å²) in [5, 5.41) is 0. The van der Waals surface area contributed by atoms with E-state index in [-0.39, 0.29) is 5.92 Å². The van der Waals surface area contributed by atoms with Crippen molar-refractivity contribution < 1.29 is 20.1 Å². The minimum Gasteiger partial charge on any atom is -0.807 e. The minimum atomic E-state index is -4.42. The highest BCUT2D eigenvalue weighted by molar-refractivity contribution is 7.49. The molecule has 9 heavy (non-hydrogen) atoms. The van der Waals surface area contributed by atoms with Crippen LogP contribution in [0.25, 0.3) is 0 Å². The Bertz CT molecular complexity index is 130. The molecular formula is C4H11NO3P-. The molecular weight excluding hydrogens is 141 g/mol. The summed E-state index contributed by atoms with van der Waals surface area (Å²) in [7, 11) is -4.42. The number of quaternary nitrogens is 1. The van der Waals surface area contributed by atoms with Gasteiger partial charge in [-0.3, -0.25) is 0 Å². The lowest BCUT2D eigenvalue weighted by Gasteiger charge is -2.34. The predicted molar refractivity (Wildman–Crippen MR) is 29.1 cm³/mol. The monoisotopic (exact) mass is 152 g/mol. The Labute approximate surface area is 54.2 Å². The predicted octanol–water partition coefficient (Wildman–Crippen LogP) is -1.88. The third-order valence-corrected chi connectivity index (χ3v) is 2.58. The summed E-state index contributed by atoms with van der Waals surface area (Å²) >= 11 is 0. The molecule has 0 aromatic rings. The maximum atomic E-state index is 10.2. The SMILES string of the molecule is CC(C)C([NH3+])P(=O)([O-])[O-]. The van der Waals surface area contributed by atoms with E-state index >= 15 is 0 Å². The van der Waals surface area contributed by atoms with Gasteiger partial charge in [-0.25, -0.2) is 0 Å². The summed E-state index contributed by atoms with van der Waals surface area (Å²) in [6, 6.07) is 0. The molecule has 0 bridgehead atoms. The Morgan fingerprint density at radius 3 is 1.78 bits per heavy atom. The molecule has 56 valence electrons. The van der Waals surface area contributed by atoms with Gasteiger partial charge in [0.2, 0.25) is 0 Å². The summed E-state index contributed by atoms with van der Waals surface area (Å²) in [5.41, 5.74) is 3.22. The molecule has 0 heterocycles. The Morgan fingerprint density at radius 2 is 1.78 bits per heavy atom. The van der Waals surface area contributed by atoms with Crippen molar-refractivity contribution in [1.29, 1.82) is 0 Å². The smallest absolute Gasteiger partial charge is 0.112 e. The van der Waals surface area contributed by atoms with Crippen LogP contribution in [0, 0.1) is 5.92 Å². The van der Waals surface area contributed by atoms with Crippen LogP contribution in [-0.2, 0) is 4.57 Å². The molecule has 0 saturated heterocycles. The van der Waals surface area contributed by atoms with Crippen LogP contribution in [0.2, 0.25) is 0 Å². The zero-order valence-corrected chi connectivity index (χ0v) is 6.43. The second-order valence-electron chi connectivity index (χ2n) is 2.35. The molecule has 0 aliphatic carbocycles. The van der Waals surface area contributed by atoms with Gasteiger partial charge in [-0.2, -0.15) is 0 Å². The fourth-order valence-corrected chi connectivity index (χ4v) is 1.10. The quantitative estimate of drug-likeness (QED) is 0.469. The van der Waals surface area contributed by atoms with Gasteiger partial charge in [0.15, 0.2) is 0 Å². The van der Waals surface area contributed by atoms with Gasteiger partial charge in [-0.15, -0.1) is 0 Å². The van der Waals surface area contributed by atoms with Crippen LogP contribution in [0.4, 0.5) is 0 Å². The van der Waals surface area contributed by atoms with E-state index in [1.165, 1.54) is 0 Å². The first-order valence-corrected chi connectivity index (χ1v) is 4.31. The third-order valence-electron chi connectivity index (χ3n) is 1.18. The highest BCUT2D eigenvalue weighted by Crippen LogP contribution is 2.30. The van der Waals surface area contributed by atoms with Crippen molar-refractivity contribution in [2.24, 2.45) is 5.92 Å². The van der Waals surface area contributed by atoms with Crippen LogP contribution < -0.4 is 15.5 Å². The van der Waals surface area contributed by atoms with E-state index in [1.54, 1.807) is 13.8 Å². The van der Waals surface area contributed by atoms with E-state index in [0.717, 1.165) is 0 Å². The van der Waals surface area contributed by atoms with Gasteiger partial charge >= 0.3 is 0 Å². The lowest BCUT2D eigenvalue weighted by atomic mass is 10.2. The largest absolute Gasteiger partial charge is 0.807 e. The molecule has 0 aromatic heterocycles. The molecule has 0 aliphatic heterocycles. The highest BCUT2D eigenvalue weighted by Gasteiger charge is 2.14. The van der Waals surface area contributed by atoms with E-state index < -0.39 is 13.4 Å². The van der Waals surface area contributed by atoms with Gasteiger partial charge in [0, 0.05) is 5.92 Å². The average Bonchev–Trinajstić information content (AvgIpc) is 1.62. The van der Waals surface area contributed by atoms with Crippen molar-refractivity contribution in [1.82, 2.24) is 0 Å². The molecule has 3 N–H and O–H groups in total. The Balaban J connectivity index is 4.05. The second kappa shape index (κ2) is 2.80. The van der Waals surface area contributed by atoms with Crippen molar-refractivity contribution in [3.63, 3.8) is 0 Å². The first kappa shape index (κ1) is 9.11. The molecule has 0 rings (SSSR count). The molecule has 0 fully saturated rings. The molecule has 0 radical (unpaired) electrons. The molecule has 0 spiro atoms. The van der Waals surface area contributed by atoms with Gasteiger partial charge in [-0.1, -0.05) is 13.8 Å². The summed E-state index contributed by atoms with van der Waals surface area (Å²) in [4.78, 5) is 20.4. The highest BCUT2D eigenvalue weighted by atomic mass is 31.2. The van der Waals surface area contributed by atoms with Crippen molar-refractivity contribution >= 4 is 7.60 Å². The van der Waals surface area contributed by atoms with Gasteiger partial charge in [0.05, 0.1) is 0 Å². The van der Waals surface area contributed by atoms with Crippen LogP contribution in [0.15, 0.2) is 0 Å². The maximum absolute atomic E-state index is 10.2. The van der Waals surface area contributed by atoms with Crippen LogP contribution in [-0.4, -0.2) is 5.78 Å². The van der Waals surface area contributed by atoms with Crippen molar-refractivity contribution in [3.8, 4) is 0 Å². The summed E-state index contributed by atoms with van der Waals surface area (Å²) in [5.74, 6) is -1.18. The van der Waals surface area contributed by atoms with Gasteiger partial charge < -0.3 is 20.1 Å². The third kappa shape index (κ3) is 2.96. The number of hydrogen-bond acceptors (Lipinski definition) is 3. The molecule has 0 aliphatic rings. The fraction of sp³-hybridized carbons (Fsp3) is 1.00. The fourth-order valence-electron chi connectivity index (χ4n) is 0.365. The Morgan fingerprint density at radius 1 is 1.44 bits per heavy atom. The molecule has 1 atom stereocenters. The van der Waals surface area contributed by atoms with Gasteiger partial charge in [0.1, 0.15) is 5.78 Å². The van der Waals surface area contributed by atoms with E-state index in [4.69, 9.17) is 0 Å². The lowest BCUT2D eigenvalue weighted by molar-refractivity contribution is -0.438. The van der Waals surface area contributed by atoms with Crippen LogP contribution in [0.1, 0.15) is 13.8 Å². The second-order valence-corrected chi connectivity index (χ2v) is 4.09. The molecule has 0 aromatic carbocycles. The summed E-state index contributed by atoms with van der Waals surface area (Å²) < 4.78 is 10.2. The first-order valence-electron chi connectivity index (χ1n) is 2.70. The zero-order valence-electron chi connectivity index (χ0n) is 5.53. The van der Waals surface area contributed by atoms with Crippen molar-refractivity contribution in [3.05, 3.63) is 0 Å². The number of rotatable bonds is 2. The van der Waals surface area contributed by atoms with Crippen LogP contribution in [0.5, 0.6) is 0 Å². The molecule has 0 amide bonds. The topological polar surface area (TPSA) is 90.8 Å². The lowest BCUT2D eigenvalue weighted by Crippen LogP contribution is -2.65. The Hall–Kier alpha value is 0.110. The summed E-state index contributed by atoms with van der Waals surface area (Å²) in [6.07, 6.45) is 0. The average molecular weight is 152 g/mol. The molecule has 4 nitrogen and oxygen atoms in total. The first-order chi connectivity index (χ1) is 3.85. The van der Waals surface area contributed by atoms with E-state index in [0.29, 0.717) is 0 Å². The van der Waals surface area contributed by atoms with E-state index in [1.807, 2.05) is 0 Å². The van der Waals surface area contributed by atoms with Gasteiger partial charge in [0.25, 0.3) is 0 Å². The standard InChI is InChI=1S/C4H12NO3P/c1-3(2)4(5)9(6,7)8/h3-4H,5H2,1-2H3,(H2,6,7,8)/p-1. The van der Waals surface area contributed by atoms with Gasteiger partial charge in [-0.05, 0) is 7.60 Å². The zero-order chi connectivity index (χ0) is 7.65. The van der Waals surface area contributed by atoms with Crippen LogP contribution in [0.3, 0.4) is 0 Å². The Kier molecular flexibility index (Phi) is 2.83. The molecule has 0 saturated carbocycles. The van der Waals surface area contributed by atoms with E-state index in [9.17, 15) is 14.4 Å². The van der Waals surface area contributed by atoms with Crippen molar-refractivity contribution in [2.45, 2.75) is 19.6 Å². The molecule has 5 heteroatoms. The number of hydrogen-bond donors (Lipinski definition) is 1. The molecule has 1 unspecified atom stereocenters. The normalized spacial score (nSPS) is 16.2. The maximum Gasteiger partial charge on any atom is 0.112 e. The minimum absolute atomic E-state index is 0.189. The van der Waals surface area contributed by atoms with E-state index in [2.05, 4.69) is 5.73 Å².